The van der Waals surface area contributed by atoms with E-state index in [4.69, 9.17) is 26.1 Å². The molecule has 3 rings (SSSR count). The molecule has 0 aliphatic rings. The van der Waals surface area contributed by atoms with Crippen molar-refractivity contribution in [3.8, 4) is 11.5 Å². The molecule has 0 atom stereocenters. The Morgan fingerprint density at radius 1 is 1.03 bits per heavy atom. The highest BCUT2D eigenvalue weighted by Crippen LogP contribution is 2.24. The van der Waals surface area contributed by atoms with Gasteiger partial charge in [0.25, 0.3) is 10.7 Å². The Bertz CT molecular complexity index is 1040. The summed E-state index contributed by atoms with van der Waals surface area (Å²) in [5.74, 6) is 1.64. The molecule has 6 nitrogen and oxygen atoms in total. The number of Topliss-reactive ketones (excluding diaryl/α,β-unsaturated/α-hetero) is 1. The molecule has 1 heterocycles. The van der Waals surface area contributed by atoms with Crippen molar-refractivity contribution in [3.05, 3.63) is 70.4 Å². The normalized spacial score (nSPS) is 11.3. The number of hydrogen-bond donors (Lipinski definition) is 0. The van der Waals surface area contributed by atoms with Gasteiger partial charge in [0.05, 0.1) is 6.61 Å². The lowest BCUT2D eigenvalue weighted by Gasteiger charge is -2.19. The van der Waals surface area contributed by atoms with Crippen molar-refractivity contribution < 1.29 is 18.7 Å². The summed E-state index contributed by atoms with van der Waals surface area (Å²) >= 11 is 5.19. The third kappa shape index (κ3) is 5.57. The molecule has 7 heteroatoms. The van der Waals surface area contributed by atoms with Gasteiger partial charge in [0.15, 0.2) is 12.4 Å². The lowest BCUT2D eigenvalue weighted by molar-refractivity contribution is 0.0966. The quantitative estimate of drug-likeness (QED) is 0.357. The molecule has 0 saturated heterocycles. The van der Waals surface area contributed by atoms with Gasteiger partial charge in [0.1, 0.15) is 18.0 Å². The molecule has 0 unspecified atom stereocenters. The summed E-state index contributed by atoms with van der Waals surface area (Å²) in [5, 5.41) is 4.27. The zero-order chi connectivity index (χ0) is 21.7. The smallest absolute Gasteiger partial charge is 0.287 e. The molecule has 30 heavy (non-hydrogen) atoms. The number of rotatable bonds is 8. The molecule has 0 amide bonds. The predicted octanol–water partition coefficient (Wildman–Crippen LogP) is 5.36. The molecule has 0 spiro atoms. The van der Waals surface area contributed by atoms with Gasteiger partial charge in [-0.1, -0.05) is 32.9 Å². The molecule has 158 valence electrons. The third-order valence-electron chi connectivity index (χ3n) is 4.51. The van der Waals surface area contributed by atoms with Crippen molar-refractivity contribution in [1.82, 2.24) is 9.78 Å². The van der Waals surface area contributed by atoms with Crippen LogP contribution in [-0.2, 0) is 18.6 Å². The van der Waals surface area contributed by atoms with Gasteiger partial charge in [0, 0.05) is 5.56 Å². The van der Waals surface area contributed by atoms with Gasteiger partial charge >= 0.3 is 0 Å². The molecule has 0 bridgehead atoms. The molecule has 1 aromatic heterocycles. The van der Waals surface area contributed by atoms with Crippen LogP contribution in [0.5, 0.6) is 11.5 Å². The maximum Gasteiger partial charge on any atom is 0.287 e. The summed E-state index contributed by atoms with van der Waals surface area (Å²) in [5.41, 5.74) is 1.87. The highest BCUT2D eigenvalue weighted by molar-refractivity contribution is 7.71. The van der Waals surface area contributed by atoms with Gasteiger partial charge in [-0.25, -0.2) is 4.68 Å². The van der Waals surface area contributed by atoms with E-state index in [1.807, 2.05) is 31.2 Å². The average Bonchev–Trinajstić information content (AvgIpc) is 3.06. The van der Waals surface area contributed by atoms with E-state index in [0.717, 1.165) is 5.75 Å². The van der Waals surface area contributed by atoms with Crippen LogP contribution in [0.2, 0.25) is 0 Å². The van der Waals surface area contributed by atoms with Gasteiger partial charge in [-0.3, -0.25) is 4.79 Å². The minimum Gasteiger partial charge on any atom is -0.494 e. The minimum atomic E-state index is -0.118. The van der Waals surface area contributed by atoms with E-state index >= 15 is 0 Å². The fourth-order valence-electron chi connectivity index (χ4n) is 2.83. The van der Waals surface area contributed by atoms with Gasteiger partial charge in [-0.15, -0.1) is 5.10 Å². The number of hydrogen-bond acceptors (Lipinski definition) is 6. The molecule has 3 aromatic rings. The van der Waals surface area contributed by atoms with Gasteiger partial charge in [-0.2, -0.15) is 0 Å². The maximum absolute atomic E-state index is 12.5. The topological polar surface area (TPSA) is 66.5 Å². The second-order valence-electron chi connectivity index (χ2n) is 7.86. The van der Waals surface area contributed by atoms with E-state index in [9.17, 15) is 4.79 Å². The van der Waals surface area contributed by atoms with Crippen LogP contribution in [0.15, 0.2) is 52.9 Å². The summed E-state index contributed by atoms with van der Waals surface area (Å²) in [6.45, 7) is 9.09. The van der Waals surface area contributed by atoms with Crippen LogP contribution in [0.25, 0.3) is 0 Å². The van der Waals surface area contributed by atoms with Crippen LogP contribution in [0.1, 0.15) is 49.5 Å². The van der Waals surface area contributed by atoms with Crippen LogP contribution in [0, 0.1) is 4.84 Å². The van der Waals surface area contributed by atoms with E-state index in [1.54, 1.807) is 24.3 Å². The summed E-state index contributed by atoms with van der Waals surface area (Å²) in [6, 6.07) is 14.9. The first-order valence-electron chi connectivity index (χ1n) is 9.82. The second-order valence-corrected chi connectivity index (χ2v) is 8.21. The van der Waals surface area contributed by atoms with Gasteiger partial charge < -0.3 is 13.9 Å². The number of aromatic nitrogens is 2. The summed E-state index contributed by atoms with van der Waals surface area (Å²) in [6.07, 6.45) is 0. The number of benzene rings is 2. The highest BCUT2D eigenvalue weighted by atomic mass is 32.1. The molecule has 0 aliphatic heterocycles. The van der Waals surface area contributed by atoms with Gasteiger partial charge in [0.2, 0.25) is 0 Å². The standard InChI is InChI=1S/C23H26N2O4S/c1-5-27-18-10-6-16(7-11-18)20(26)14-25-22(30)29-21(24-25)15-28-19-12-8-17(9-13-19)23(2,3)4/h6-13H,5,14-15H2,1-4H3. The first kappa shape index (κ1) is 21.8. The number of carbonyl (C=O) groups excluding carboxylic acids is 1. The Morgan fingerprint density at radius 2 is 1.63 bits per heavy atom. The Labute approximate surface area is 181 Å². The molecule has 0 radical (unpaired) electrons. The van der Waals surface area contributed by atoms with Crippen molar-refractivity contribution in [2.24, 2.45) is 0 Å². The van der Waals surface area contributed by atoms with E-state index in [0.29, 0.717) is 23.8 Å². The number of nitrogens with zero attached hydrogens (tertiary/aromatic N) is 2. The Morgan fingerprint density at radius 3 is 2.23 bits per heavy atom. The predicted molar refractivity (Wildman–Crippen MR) is 117 cm³/mol. The monoisotopic (exact) mass is 426 g/mol. The van der Waals surface area contributed by atoms with Crippen LogP contribution in [0.3, 0.4) is 0 Å². The zero-order valence-corrected chi connectivity index (χ0v) is 18.5. The van der Waals surface area contributed by atoms with Crippen molar-refractivity contribution in [1.29, 1.82) is 0 Å². The number of ketones is 1. The zero-order valence-electron chi connectivity index (χ0n) is 17.7. The number of carbonyl (C=O) groups is 1. The molecular weight excluding hydrogens is 400 g/mol. The van der Waals surface area contributed by atoms with Crippen molar-refractivity contribution in [2.45, 2.75) is 46.3 Å². The van der Waals surface area contributed by atoms with Crippen molar-refractivity contribution in [2.75, 3.05) is 6.61 Å². The first-order valence-corrected chi connectivity index (χ1v) is 10.2. The Balaban J connectivity index is 1.61. The molecular formula is C23H26N2O4S. The molecule has 0 saturated carbocycles. The SMILES string of the molecule is CCOc1ccc(C(=O)Cn2nc(COc3ccc(C(C)(C)C)cc3)oc2=S)cc1. The first-order chi connectivity index (χ1) is 14.3. The largest absolute Gasteiger partial charge is 0.494 e. The lowest BCUT2D eigenvalue weighted by Crippen LogP contribution is -2.12. The lowest BCUT2D eigenvalue weighted by atomic mass is 9.87. The Hall–Kier alpha value is -2.93. The number of ether oxygens (including phenoxy) is 2. The second kappa shape index (κ2) is 9.26. The minimum absolute atomic E-state index is 0.00338. The summed E-state index contributed by atoms with van der Waals surface area (Å²) in [7, 11) is 0. The summed E-state index contributed by atoms with van der Waals surface area (Å²) in [4.78, 5) is 12.7. The van der Waals surface area contributed by atoms with Crippen LogP contribution in [0.4, 0.5) is 0 Å². The third-order valence-corrected chi connectivity index (χ3v) is 4.81. The Kier molecular flexibility index (Phi) is 6.72. The van der Waals surface area contributed by atoms with Crippen molar-refractivity contribution in [3.63, 3.8) is 0 Å². The van der Waals surface area contributed by atoms with E-state index in [1.165, 1.54) is 10.2 Å². The van der Waals surface area contributed by atoms with E-state index < -0.39 is 0 Å². The maximum atomic E-state index is 12.5. The summed E-state index contributed by atoms with van der Waals surface area (Å²) < 4.78 is 18.0. The van der Waals surface area contributed by atoms with Crippen molar-refractivity contribution >= 4 is 18.0 Å². The molecule has 0 fully saturated rings. The molecule has 0 N–H and O–H groups in total. The fourth-order valence-corrected chi connectivity index (χ4v) is 3.04. The molecule has 0 aliphatic carbocycles. The highest BCUT2D eigenvalue weighted by Gasteiger charge is 2.14. The van der Waals surface area contributed by atoms with Crippen LogP contribution in [-0.4, -0.2) is 22.2 Å². The van der Waals surface area contributed by atoms with Gasteiger partial charge in [-0.05, 0) is 66.5 Å². The fraction of sp³-hybridized carbons (Fsp3) is 0.348. The van der Waals surface area contributed by atoms with Crippen LogP contribution >= 0.6 is 12.2 Å². The van der Waals surface area contributed by atoms with E-state index in [2.05, 4.69) is 25.9 Å². The van der Waals surface area contributed by atoms with E-state index in [-0.39, 0.29) is 29.2 Å². The average molecular weight is 427 g/mol. The van der Waals surface area contributed by atoms with Crippen LogP contribution < -0.4 is 9.47 Å². The molecule has 2 aromatic carbocycles.